The minimum Gasteiger partial charge on any atom is -0.506 e. The molecule has 0 atom stereocenters. The number of rotatable bonds is 4. The average molecular weight is 307 g/mol. The predicted molar refractivity (Wildman–Crippen MR) is 81.3 cm³/mol. The summed E-state index contributed by atoms with van der Waals surface area (Å²) in [5.41, 5.74) is 0.0251. The predicted octanol–water partition coefficient (Wildman–Crippen LogP) is 2.69. The second-order valence-corrected chi connectivity index (χ2v) is 4.69. The molecule has 0 aliphatic carbocycles. The molecule has 8 heteroatoms. The second kappa shape index (κ2) is 6.23. The molecule has 21 heavy (non-hydrogen) atoms. The molecule has 0 amide bonds. The van der Waals surface area contributed by atoms with Gasteiger partial charge < -0.3 is 20.2 Å². The monoisotopic (exact) mass is 307 g/mol. The van der Waals surface area contributed by atoms with E-state index >= 15 is 0 Å². The molecule has 0 radical (unpaired) electrons. The average Bonchev–Trinajstić information content (AvgIpc) is 2.84. The van der Waals surface area contributed by atoms with Crippen molar-refractivity contribution >= 4 is 28.7 Å². The fourth-order valence-corrected chi connectivity index (χ4v) is 1.83. The van der Waals surface area contributed by atoms with E-state index in [-0.39, 0.29) is 22.2 Å². The van der Waals surface area contributed by atoms with E-state index in [1.807, 2.05) is 19.1 Å². The standard InChI is InChI=1S/C13H13N3O4S/c1-8-2-4-10(20-8)7-14-13(21)15-11-6-9(16(18)19)3-5-12(11)17/h2-6,17H,7H2,1H3,(H2,14,15,21). The Bertz CT molecular complexity index is 684. The number of phenolic OH excluding ortho intramolecular Hbond substituents is 1. The van der Waals surface area contributed by atoms with E-state index in [1.165, 1.54) is 18.2 Å². The molecule has 1 heterocycles. The third kappa shape index (κ3) is 3.93. The zero-order chi connectivity index (χ0) is 15.4. The van der Waals surface area contributed by atoms with Crippen molar-refractivity contribution < 1.29 is 14.4 Å². The van der Waals surface area contributed by atoms with Gasteiger partial charge in [0.1, 0.15) is 17.3 Å². The minimum atomic E-state index is -0.549. The van der Waals surface area contributed by atoms with Crippen molar-refractivity contribution in [2.24, 2.45) is 0 Å². The number of aryl methyl sites for hydroxylation is 1. The highest BCUT2D eigenvalue weighted by Crippen LogP contribution is 2.27. The fraction of sp³-hybridized carbons (Fsp3) is 0.154. The number of nitro benzene ring substituents is 1. The van der Waals surface area contributed by atoms with Gasteiger partial charge in [-0.05, 0) is 37.3 Å². The zero-order valence-electron chi connectivity index (χ0n) is 11.1. The fourth-order valence-electron chi connectivity index (χ4n) is 1.65. The van der Waals surface area contributed by atoms with Crippen molar-refractivity contribution in [2.45, 2.75) is 13.5 Å². The highest BCUT2D eigenvalue weighted by Gasteiger charge is 2.11. The molecule has 0 spiro atoms. The van der Waals surface area contributed by atoms with E-state index < -0.39 is 4.92 Å². The van der Waals surface area contributed by atoms with Crippen LogP contribution in [0.4, 0.5) is 11.4 Å². The van der Waals surface area contributed by atoms with Gasteiger partial charge in [0.05, 0.1) is 17.2 Å². The Hall–Kier alpha value is -2.61. The van der Waals surface area contributed by atoms with Gasteiger partial charge in [-0.25, -0.2) is 0 Å². The summed E-state index contributed by atoms with van der Waals surface area (Å²) in [6, 6.07) is 7.30. The largest absolute Gasteiger partial charge is 0.506 e. The lowest BCUT2D eigenvalue weighted by Crippen LogP contribution is -2.27. The number of nitro groups is 1. The molecule has 1 aromatic carbocycles. The quantitative estimate of drug-likeness (QED) is 0.345. The summed E-state index contributed by atoms with van der Waals surface area (Å²) < 4.78 is 5.37. The van der Waals surface area contributed by atoms with Gasteiger partial charge in [0.25, 0.3) is 5.69 Å². The first-order valence-corrected chi connectivity index (χ1v) is 6.44. The van der Waals surface area contributed by atoms with Crippen LogP contribution < -0.4 is 10.6 Å². The number of nitrogens with one attached hydrogen (secondary N) is 2. The summed E-state index contributed by atoms with van der Waals surface area (Å²) in [4.78, 5) is 10.1. The summed E-state index contributed by atoms with van der Waals surface area (Å²) in [6.07, 6.45) is 0. The van der Waals surface area contributed by atoms with Crippen LogP contribution in [-0.4, -0.2) is 15.1 Å². The number of hydrogen-bond acceptors (Lipinski definition) is 5. The first-order chi connectivity index (χ1) is 9.95. The maximum absolute atomic E-state index is 10.7. The third-order valence-electron chi connectivity index (χ3n) is 2.66. The summed E-state index contributed by atoms with van der Waals surface area (Å²) >= 11 is 5.07. The number of non-ortho nitro benzene ring substituents is 1. The summed E-state index contributed by atoms with van der Waals surface area (Å²) in [6.45, 7) is 2.20. The lowest BCUT2D eigenvalue weighted by Gasteiger charge is -2.10. The number of aromatic hydroxyl groups is 1. The summed E-state index contributed by atoms with van der Waals surface area (Å²) in [7, 11) is 0. The van der Waals surface area contributed by atoms with E-state index in [2.05, 4.69) is 10.6 Å². The molecule has 0 aliphatic heterocycles. The van der Waals surface area contributed by atoms with Gasteiger partial charge in [0, 0.05) is 12.1 Å². The molecular weight excluding hydrogens is 294 g/mol. The Labute approximate surface area is 125 Å². The first-order valence-electron chi connectivity index (χ1n) is 6.03. The molecule has 0 fully saturated rings. The maximum atomic E-state index is 10.7. The highest BCUT2D eigenvalue weighted by molar-refractivity contribution is 7.80. The van der Waals surface area contributed by atoms with E-state index in [9.17, 15) is 15.2 Å². The van der Waals surface area contributed by atoms with Crippen molar-refractivity contribution in [3.8, 4) is 5.75 Å². The highest BCUT2D eigenvalue weighted by atomic mass is 32.1. The molecule has 0 unspecified atom stereocenters. The summed E-state index contributed by atoms with van der Waals surface area (Å²) in [5, 5.41) is 26.2. The number of furan rings is 1. The van der Waals surface area contributed by atoms with Crippen LogP contribution in [-0.2, 0) is 6.54 Å². The number of nitrogens with zero attached hydrogens (tertiary/aromatic N) is 1. The molecule has 7 nitrogen and oxygen atoms in total. The smallest absolute Gasteiger partial charge is 0.271 e. The topological polar surface area (TPSA) is 101 Å². The van der Waals surface area contributed by atoms with Gasteiger partial charge >= 0.3 is 0 Å². The van der Waals surface area contributed by atoms with Crippen molar-refractivity contribution in [1.82, 2.24) is 5.32 Å². The van der Waals surface area contributed by atoms with Crippen LogP contribution in [0.2, 0.25) is 0 Å². The molecule has 110 valence electrons. The van der Waals surface area contributed by atoms with E-state index in [1.54, 1.807) is 0 Å². The number of anilines is 1. The SMILES string of the molecule is Cc1ccc(CNC(=S)Nc2cc([N+](=O)[O-])ccc2O)o1. The van der Waals surface area contributed by atoms with E-state index in [0.717, 1.165) is 5.76 Å². The molecule has 2 rings (SSSR count). The Balaban J connectivity index is 1.99. The number of phenols is 1. The van der Waals surface area contributed by atoms with Gasteiger partial charge in [-0.2, -0.15) is 0 Å². The van der Waals surface area contributed by atoms with E-state index in [4.69, 9.17) is 16.6 Å². The van der Waals surface area contributed by atoms with Crippen LogP contribution in [0.5, 0.6) is 5.75 Å². The molecular formula is C13H13N3O4S. The zero-order valence-corrected chi connectivity index (χ0v) is 11.9. The molecule has 0 saturated heterocycles. The van der Waals surface area contributed by atoms with Gasteiger partial charge in [-0.3, -0.25) is 10.1 Å². The number of thiocarbonyl (C=S) groups is 1. The molecule has 0 bridgehead atoms. The molecule has 1 aromatic heterocycles. The van der Waals surface area contributed by atoms with Gasteiger partial charge in [0.2, 0.25) is 0 Å². The summed E-state index contributed by atoms with van der Waals surface area (Å²) in [5.74, 6) is 1.38. The molecule has 3 N–H and O–H groups in total. The lowest BCUT2D eigenvalue weighted by molar-refractivity contribution is -0.384. The van der Waals surface area contributed by atoms with Crippen LogP contribution in [0.1, 0.15) is 11.5 Å². The van der Waals surface area contributed by atoms with Crippen molar-refractivity contribution in [1.29, 1.82) is 0 Å². The van der Waals surface area contributed by atoms with Crippen LogP contribution in [0.25, 0.3) is 0 Å². The number of hydrogen-bond donors (Lipinski definition) is 3. The third-order valence-corrected chi connectivity index (χ3v) is 2.90. The Kier molecular flexibility index (Phi) is 4.39. The molecule has 2 aromatic rings. The van der Waals surface area contributed by atoms with Crippen LogP contribution >= 0.6 is 12.2 Å². The van der Waals surface area contributed by atoms with Crippen molar-refractivity contribution in [3.05, 3.63) is 52.0 Å². The lowest BCUT2D eigenvalue weighted by atomic mass is 10.2. The second-order valence-electron chi connectivity index (χ2n) is 4.28. The van der Waals surface area contributed by atoms with Crippen LogP contribution in [0, 0.1) is 17.0 Å². The van der Waals surface area contributed by atoms with E-state index in [0.29, 0.717) is 12.3 Å². The molecule has 0 aliphatic rings. The molecule has 0 saturated carbocycles. The van der Waals surface area contributed by atoms with Gasteiger partial charge in [0.15, 0.2) is 5.11 Å². The van der Waals surface area contributed by atoms with Crippen molar-refractivity contribution in [2.75, 3.05) is 5.32 Å². The van der Waals surface area contributed by atoms with Gasteiger partial charge in [-0.1, -0.05) is 0 Å². The Morgan fingerprint density at radius 1 is 1.43 bits per heavy atom. The van der Waals surface area contributed by atoms with Gasteiger partial charge in [-0.15, -0.1) is 0 Å². The van der Waals surface area contributed by atoms with Crippen LogP contribution in [0.15, 0.2) is 34.7 Å². The Morgan fingerprint density at radius 3 is 2.81 bits per heavy atom. The Morgan fingerprint density at radius 2 is 2.19 bits per heavy atom. The number of benzene rings is 1. The van der Waals surface area contributed by atoms with Crippen molar-refractivity contribution in [3.63, 3.8) is 0 Å². The normalized spacial score (nSPS) is 10.1. The minimum absolute atomic E-state index is 0.126. The first kappa shape index (κ1) is 14.8. The maximum Gasteiger partial charge on any atom is 0.271 e. The van der Waals surface area contributed by atoms with Crippen LogP contribution in [0.3, 0.4) is 0 Å².